The van der Waals surface area contributed by atoms with Gasteiger partial charge in [-0.15, -0.1) is 5.10 Å². The van der Waals surface area contributed by atoms with Crippen LogP contribution in [0.1, 0.15) is 43.6 Å². The molecule has 1 aromatic heterocycles. The summed E-state index contributed by atoms with van der Waals surface area (Å²) in [7, 11) is 0. The standard InChI is InChI=1S/C19H24N4O2/c1-19(2,3)16-8-9-17(22-21-16)20-18(25)23-11-10-13-6-4-5-7-14(13)15(23)12-24/h4-9,15,24H,10-12H2,1-3H3,(H,20,22,25). The highest BCUT2D eigenvalue weighted by atomic mass is 16.3. The number of carbonyl (C=O) groups excluding carboxylic acids is 1. The van der Waals surface area contributed by atoms with Crippen molar-refractivity contribution in [2.24, 2.45) is 0 Å². The van der Waals surface area contributed by atoms with Crippen LogP contribution in [0.15, 0.2) is 36.4 Å². The molecule has 6 heteroatoms. The summed E-state index contributed by atoms with van der Waals surface area (Å²) in [5.74, 6) is 0.411. The quantitative estimate of drug-likeness (QED) is 0.881. The Kier molecular flexibility index (Phi) is 4.72. The predicted molar refractivity (Wildman–Crippen MR) is 96.4 cm³/mol. The first kappa shape index (κ1) is 17.4. The van der Waals surface area contributed by atoms with Crippen LogP contribution in [0.25, 0.3) is 0 Å². The van der Waals surface area contributed by atoms with Crippen molar-refractivity contribution in [3.05, 3.63) is 53.2 Å². The zero-order valence-corrected chi connectivity index (χ0v) is 14.9. The lowest BCUT2D eigenvalue weighted by atomic mass is 9.92. The number of aromatic nitrogens is 2. The fourth-order valence-electron chi connectivity index (χ4n) is 3.07. The number of carbonyl (C=O) groups is 1. The van der Waals surface area contributed by atoms with Crippen LogP contribution in [0.5, 0.6) is 0 Å². The molecule has 0 fully saturated rings. The average Bonchev–Trinajstić information content (AvgIpc) is 2.60. The predicted octanol–water partition coefficient (Wildman–Crippen LogP) is 2.90. The third-order valence-corrected chi connectivity index (χ3v) is 4.51. The number of aliphatic hydroxyl groups excluding tert-OH is 1. The topological polar surface area (TPSA) is 78.4 Å². The fourth-order valence-corrected chi connectivity index (χ4v) is 3.07. The van der Waals surface area contributed by atoms with Gasteiger partial charge in [-0.25, -0.2) is 4.79 Å². The Bertz CT molecular complexity index is 753. The molecule has 0 saturated carbocycles. The van der Waals surface area contributed by atoms with Gasteiger partial charge in [0.25, 0.3) is 0 Å². The molecule has 2 N–H and O–H groups in total. The molecule has 1 aliphatic heterocycles. The van der Waals surface area contributed by atoms with Crippen molar-refractivity contribution in [1.82, 2.24) is 15.1 Å². The monoisotopic (exact) mass is 340 g/mol. The first-order chi connectivity index (χ1) is 11.9. The molecule has 0 aliphatic carbocycles. The highest BCUT2D eigenvalue weighted by Crippen LogP contribution is 2.29. The van der Waals surface area contributed by atoms with E-state index >= 15 is 0 Å². The minimum atomic E-state index is -0.341. The molecule has 0 saturated heterocycles. The van der Waals surface area contributed by atoms with Crippen LogP contribution in [0.3, 0.4) is 0 Å². The number of anilines is 1. The summed E-state index contributed by atoms with van der Waals surface area (Å²) >= 11 is 0. The smallest absolute Gasteiger partial charge is 0.323 e. The van der Waals surface area contributed by atoms with Crippen molar-refractivity contribution < 1.29 is 9.90 Å². The molecule has 3 rings (SSSR count). The van der Waals surface area contributed by atoms with E-state index in [1.54, 1.807) is 11.0 Å². The molecule has 1 aliphatic rings. The van der Waals surface area contributed by atoms with Gasteiger partial charge in [0.1, 0.15) is 0 Å². The molecule has 2 heterocycles. The first-order valence-electron chi connectivity index (χ1n) is 8.50. The minimum Gasteiger partial charge on any atom is -0.394 e. The van der Waals surface area contributed by atoms with E-state index in [1.165, 1.54) is 5.56 Å². The number of fused-ring (bicyclic) bond motifs is 1. The molecule has 132 valence electrons. The lowest BCUT2D eigenvalue weighted by Gasteiger charge is -2.36. The lowest BCUT2D eigenvalue weighted by molar-refractivity contribution is 0.135. The van der Waals surface area contributed by atoms with E-state index in [4.69, 9.17) is 0 Å². The Morgan fingerprint density at radius 3 is 2.64 bits per heavy atom. The Balaban J connectivity index is 1.75. The Hall–Kier alpha value is -2.47. The summed E-state index contributed by atoms with van der Waals surface area (Å²) in [5, 5.41) is 20.9. The molecule has 25 heavy (non-hydrogen) atoms. The van der Waals surface area contributed by atoms with E-state index in [0.29, 0.717) is 12.4 Å². The molecular formula is C19H24N4O2. The molecule has 2 aromatic rings. The van der Waals surface area contributed by atoms with Gasteiger partial charge < -0.3 is 10.0 Å². The molecule has 1 atom stereocenters. The third kappa shape index (κ3) is 3.64. The number of hydrogen-bond donors (Lipinski definition) is 2. The summed E-state index contributed by atoms with van der Waals surface area (Å²) in [5.41, 5.74) is 2.96. The molecule has 0 bridgehead atoms. The number of benzene rings is 1. The summed E-state index contributed by atoms with van der Waals surface area (Å²) in [6.45, 7) is 6.63. The van der Waals surface area contributed by atoms with Crippen LogP contribution in [0.2, 0.25) is 0 Å². The molecule has 6 nitrogen and oxygen atoms in total. The number of amides is 2. The largest absolute Gasteiger partial charge is 0.394 e. The maximum absolute atomic E-state index is 12.7. The minimum absolute atomic E-state index is 0.0892. The zero-order chi connectivity index (χ0) is 18.0. The van der Waals surface area contributed by atoms with Crippen LogP contribution in [0.4, 0.5) is 10.6 Å². The second kappa shape index (κ2) is 6.80. The van der Waals surface area contributed by atoms with Gasteiger partial charge >= 0.3 is 6.03 Å². The lowest BCUT2D eigenvalue weighted by Crippen LogP contribution is -2.44. The van der Waals surface area contributed by atoms with E-state index in [2.05, 4.69) is 36.3 Å². The molecule has 1 unspecified atom stereocenters. The number of nitrogens with one attached hydrogen (secondary N) is 1. The van der Waals surface area contributed by atoms with Crippen molar-refractivity contribution in [3.8, 4) is 0 Å². The molecular weight excluding hydrogens is 316 g/mol. The number of aliphatic hydroxyl groups is 1. The van der Waals surface area contributed by atoms with Crippen LogP contribution in [0, 0.1) is 0 Å². The first-order valence-corrected chi connectivity index (χ1v) is 8.50. The molecule has 0 radical (unpaired) electrons. The Morgan fingerprint density at radius 2 is 2.00 bits per heavy atom. The third-order valence-electron chi connectivity index (χ3n) is 4.51. The van der Waals surface area contributed by atoms with Crippen molar-refractivity contribution in [3.63, 3.8) is 0 Å². The fraction of sp³-hybridized carbons (Fsp3) is 0.421. The van der Waals surface area contributed by atoms with E-state index in [-0.39, 0.29) is 24.1 Å². The SMILES string of the molecule is CC(C)(C)c1ccc(NC(=O)N2CCc3ccccc3C2CO)nn1. The van der Waals surface area contributed by atoms with E-state index in [0.717, 1.165) is 17.7 Å². The Morgan fingerprint density at radius 1 is 1.24 bits per heavy atom. The average molecular weight is 340 g/mol. The van der Waals surface area contributed by atoms with Gasteiger partial charge in [-0.3, -0.25) is 5.32 Å². The van der Waals surface area contributed by atoms with Gasteiger partial charge in [0, 0.05) is 12.0 Å². The van der Waals surface area contributed by atoms with Crippen LogP contribution >= 0.6 is 0 Å². The summed E-state index contributed by atoms with van der Waals surface area (Å²) < 4.78 is 0. The van der Waals surface area contributed by atoms with Crippen LogP contribution in [-0.2, 0) is 11.8 Å². The molecule has 2 amide bonds. The second-order valence-electron chi connectivity index (χ2n) is 7.32. The van der Waals surface area contributed by atoms with Gasteiger partial charge in [-0.1, -0.05) is 45.0 Å². The maximum atomic E-state index is 12.7. The van der Waals surface area contributed by atoms with Gasteiger partial charge in [0.15, 0.2) is 5.82 Å². The van der Waals surface area contributed by atoms with Crippen molar-refractivity contribution in [2.45, 2.75) is 38.6 Å². The zero-order valence-electron chi connectivity index (χ0n) is 14.9. The molecule has 0 spiro atoms. The number of nitrogens with zero attached hydrogens (tertiary/aromatic N) is 3. The molecule has 1 aromatic carbocycles. The van der Waals surface area contributed by atoms with Crippen molar-refractivity contribution in [1.29, 1.82) is 0 Å². The number of urea groups is 1. The van der Waals surface area contributed by atoms with Crippen molar-refractivity contribution in [2.75, 3.05) is 18.5 Å². The van der Waals surface area contributed by atoms with Crippen molar-refractivity contribution >= 4 is 11.8 Å². The van der Waals surface area contributed by atoms with Gasteiger partial charge in [-0.2, -0.15) is 5.10 Å². The van der Waals surface area contributed by atoms with Crippen LogP contribution in [-0.4, -0.2) is 39.4 Å². The van der Waals surface area contributed by atoms with Gasteiger partial charge in [0.2, 0.25) is 0 Å². The maximum Gasteiger partial charge on any atom is 0.323 e. The highest BCUT2D eigenvalue weighted by Gasteiger charge is 2.30. The number of rotatable bonds is 2. The summed E-state index contributed by atoms with van der Waals surface area (Å²) in [6.07, 6.45) is 0.773. The van der Waals surface area contributed by atoms with E-state index in [1.807, 2.05) is 30.3 Å². The number of hydrogen-bond acceptors (Lipinski definition) is 4. The highest BCUT2D eigenvalue weighted by molar-refractivity contribution is 5.88. The van der Waals surface area contributed by atoms with Gasteiger partial charge in [-0.05, 0) is 29.7 Å². The van der Waals surface area contributed by atoms with E-state index < -0.39 is 0 Å². The normalized spacial score (nSPS) is 17.1. The van der Waals surface area contributed by atoms with Gasteiger partial charge in [0.05, 0.1) is 18.3 Å². The Labute approximate surface area is 147 Å². The summed E-state index contributed by atoms with van der Waals surface area (Å²) in [4.78, 5) is 14.3. The van der Waals surface area contributed by atoms with E-state index in [9.17, 15) is 9.90 Å². The van der Waals surface area contributed by atoms with Crippen LogP contribution < -0.4 is 5.32 Å². The second-order valence-corrected chi connectivity index (χ2v) is 7.32. The summed E-state index contributed by atoms with van der Waals surface area (Å²) in [6, 6.07) is 10.9.